The molecule has 104 valence electrons. The summed E-state index contributed by atoms with van der Waals surface area (Å²) in [6.07, 6.45) is 4.24. The van der Waals surface area contributed by atoms with Gasteiger partial charge in [0.1, 0.15) is 6.04 Å². The largest absolute Gasteiger partial charge is 0.480 e. The third kappa shape index (κ3) is 3.87. The van der Waals surface area contributed by atoms with Crippen molar-refractivity contribution in [1.82, 2.24) is 10.2 Å². The molecule has 0 unspecified atom stereocenters. The second-order valence-electron chi connectivity index (χ2n) is 4.58. The molecule has 0 bridgehead atoms. The Morgan fingerprint density at radius 2 is 2.00 bits per heavy atom. The van der Waals surface area contributed by atoms with Crippen molar-refractivity contribution in [1.29, 1.82) is 0 Å². The normalized spacial score (nSPS) is 17.4. The highest BCUT2D eigenvalue weighted by Gasteiger charge is 2.28. The molecule has 3 N–H and O–H groups in total. The zero-order valence-corrected chi connectivity index (χ0v) is 10.8. The first-order chi connectivity index (χ1) is 8.60. The Balaban J connectivity index is 2.57. The molecule has 1 aliphatic carbocycles. The van der Waals surface area contributed by atoms with E-state index in [1.54, 1.807) is 4.90 Å². The molecule has 1 fully saturated rings. The Labute approximate surface area is 107 Å². The zero-order chi connectivity index (χ0) is 13.5. The maximum Gasteiger partial charge on any atom is 0.326 e. The van der Waals surface area contributed by atoms with Crippen LogP contribution in [0.15, 0.2) is 0 Å². The van der Waals surface area contributed by atoms with Crippen molar-refractivity contribution in [3.63, 3.8) is 0 Å². The van der Waals surface area contributed by atoms with E-state index >= 15 is 0 Å². The quantitative estimate of drug-likeness (QED) is 0.657. The lowest BCUT2D eigenvalue weighted by Gasteiger charge is -2.29. The summed E-state index contributed by atoms with van der Waals surface area (Å²) in [4.78, 5) is 24.6. The van der Waals surface area contributed by atoms with E-state index in [0.29, 0.717) is 6.54 Å². The lowest BCUT2D eigenvalue weighted by atomic mass is 10.2. The number of rotatable bonds is 6. The number of nitrogens with one attached hydrogen (secondary N) is 1. The average molecular weight is 258 g/mol. The number of carboxylic acids is 1. The van der Waals surface area contributed by atoms with Gasteiger partial charge >= 0.3 is 12.0 Å². The molecule has 0 aromatic rings. The summed E-state index contributed by atoms with van der Waals surface area (Å²) >= 11 is 0. The Morgan fingerprint density at radius 3 is 2.44 bits per heavy atom. The van der Waals surface area contributed by atoms with Crippen LogP contribution in [-0.2, 0) is 4.79 Å². The fraction of sp³-hybridized carbons (Fsp3) is 0.833. The van der Waals surface area contributed by atoms with Crippen LogP contribution in [0.4, 0.5) is 4.79 Å². The Morgan fingerprint density at radius 1 is 1.39 bits per heavy atom. The minimum absolute atomic E-state index is 0.0310. The van der Waals surface area contributed by atoms with Crippen LogP contribution in [0.3, 0.4) is 0 Å². The van der Waals surface area contributed by atoms with E-state index in [9.17, 15) is 9.59 Å². The van der Waals surface area contributed by atoms with Crippen LogP contribution < -0.4 is 5.32 Å². The maximum atomic E-state index is 12.0. The Hall–Kier alpha value is -1.30. The summed E-state index contributed by atoms with van der Waals surface area (Å²) in [5.41, 5.74) is 0. The summed E-state index contributed by atoms with van der Waals surface area (Å²) in [5.74, 6) is -1.11. The molecule has 0 aromatic heterocycles. The minimum atomic E-state index is -1.11. The fourth-order valence-electron chi connectivity index (χ4n) is 2.40. The number of nitrogens with zero attached hydrogens (tertiary/aromatic N) is 1. The molecule has 0 spiro atoms. The summed E-state index contributed by atoms with van der Waals surface area (Å²) in [6, 6.07) is -1.14. The molecule has 1 rings (SSSR count). The van der Waals surface area contributed by atoms with E-state index < -0.39 is 12.0 Å². The molecule has 0 aromatic carbocycles. The molecule has 6 nitrogen and oxygen atoms in total. The third-order valence-corrected chi connectivity index (χ3v) is 3.38. The van der Waals surface area contributed by atoms with Gasteiger partial charge in [-0.3, -0.25) is 0 Å². The molecule has 0 saturated heterocycles. The maximum absolute atomic E-state index is 12.0. The average Bonchev–Trinajstić information content (AvgIpc) is 2.83. The smallest absolute Gasteiger partial charge is 0.326 e. The zero-order valence-electron chi connectivity index (χ0n) is 10.8. The molecule has 0 aliphatic heterocycles. The number of hydrogen-bond donors (Lipinski definition) is 3. The van der Waals surface area contributed by atoms with Crippen LogP contribution >= 0.6 is 0 Å². The lowest BCUT2D eigenvalue weighted by Crippen LogP contribution is -2.51. The van der Waals surface area contributed by atoms with Gasteiger partial charge in [-0.15, -0.1) is 0 Å². The van der Waals surface area contributed by atoms with Crippen molar-refractivity contribution < 1.29 is 19.8 Å². The number of carbonyl (C=O) groups is 2. The number of aliphatic hydroxyl groups is 1. The van der Waals surface area contributed by atoms with Crippen LogP contribution in [0.1, 0.15) is 39.0 Å². The van der Waals surface area contributed by atoms with Crippen LogP contribution in [-0.4, -0.2) is 52.3 Å². The van der Waals surface area contributed by atoms with Gasteiger partial charge in [-0.2, -0.15) is 0 Å². The number of carbonyl (C=O) groups excluding carboxylic acids is 1. The lowest BCUT2D eigenvalue weighted by molar-refractivity contribution is -0.139. The number of amides is 2. The number of aliphatic carboxylic acids is 1. The van der Waals surface area contributed by atoms with Crippen LogP contribution in [0.2, 0.25) is 0 Å². The van der Waals surface area contributed by atoms with Gasteiger partial charge in [0, 0.05) is 25.6 Å². The molecular weight excluding hydrogens is 236 g/mol. The highest BCUT2D eigenvalue weighted by molar-refractivity contribution is 5.82. The van der Waals surface area contributed by atoms with Crippen molar-refractivity contribution in [2.75, 3.05) is 13.2 Å². The van der Waals surface area contributed by atoms with Crippen LogP contribution in [0, 0.1) is 0 Å². The van der Waals surface area contributed by atoms with Crippen molar-refractivity contribution >= 4 is 12.0 Å². The Kier molecular flexibility index (Phi) is 5.91. The number of hydrogen-bond acceptors (Lipinski definition) is 3. The first-order valence-corrected chi connectivity index (χ1v) is 6.51. The molecule has 1 saturated carbocycles. The molecule has 0 radical (unpaired) electrons. The topological polar surface area (TPSA) is 89.9 Å². The fourth-order valence-corrected chi connectivity index (χ4v) is 2.40. The van der Waals surface area contributed by atoms with E-state index in [2.05, 4.69) is 5.32 Å². The van der Waals surface area contributed by atoms with E-state index in [0.717, 1.165) is 25.7 Å². The van der Waals surface area contributed by atoms with Gasteiger partial charge in [0.15, 0.2) is 0 Å². The number of carboxylic acid groups (broad SMARTS) is 1. The predicted octanol–water partition coefficient (Wildman–Crippen LogP) is 0.796. The Bertz CT molecular complexity index is 290. The van der Waals surface area contributed by atoms with Gasteiger partial charge < -0.3 is 20.4 Å². The van der Waals surface area contributed by atoms with E-state index in [1.807, 2.05) is 6.92 Å². The van der Waals surface area contributed by atoms with Gasteiger partial charge in [0.05, 0.1) is 0 Å². The monoisotopic (exact) mass is 258 g/mol. The van der Waals surface area contributed by atoms with Crippen molar-refractivity contribution in [3.8, 4) is 0 Å². The second kappa shape index (κ2) is 7.20. The SMILES string of the molecule is CCN(C(=O)N[C@H](CCO)C(=O)O)C1CCCC1. The van der Waals surface area contributed by atoms with Gasteiger partial charge in [-0.25, -0.2) is 9.59 Å². The first-order valence-electron chi connectivity index (χ1n) is 6.51. The van der Waals surface area contributed by atoms with Crippen LogP contribution in [0.5, 0.6) is 0 Å². The standard InChI is InChI=1S/C12H22N2O4/c1-2-14(9-5-3-4-6-9)12(18)13-10(7-8-15)11(16)17/h9-10,15H,2-8H2,1H3,(H,13,18)(H,16,17)/t10-/m1/s1. The van der Waals surface area contributed by atoms with Crippen LogP contribution in [0.25, 0.3) is 0 Å². The number of urea groups is 1. The summed E-state index contributed by atoms with van der Waals surface area (Å²) < 4.78 is 0. The molecule has 6 heteroatoms. The highest BCUT2D eigenvalue weighted by Crippen LogP contribution is 2.23. The minimum Gasteiger partial charge on any atom is -0.480 e. The van der Waals surface area contributed by atoms with Crippen molar-refractivity contribution in [2.45, 2.75) is 51.1 Å². The molecule has 1 atom stereocenters. The molecule has 0 heterocycles. The molecule has 18 heavy (non-hydrogen) atoms. The van der Waals surface area contributed by atoms with E-state index in [4.69, 9.17) is 10.2 Å². The van der Waals surface area contributed by atoms with Gasteiger partial charge in [-0.05, 0) is 19.8 Å². The summed E-state index contributed by atoms with van der Waals surface area (Å²) in [5, 5.41) is 20.2. The van der Waals surface area contributed by atoms with Gasteiger partial charge in [0.25, 0.3) is 0 Å². The third-order valence-electron chi connectivity index (χ3n) is 3.38. The summed E-state index contributed by atoms with van der Waals surface area (Å²) in [6.45, 7) is 2.20. The second-order valence-corrected chi connectivity index (χ2v) is 4.58. The van der Waals surface area contributed by atoms with Crippen molar-refractivity contribution in [2.24, 2.45) is 0 Å². The number of aliphatic hydroxyl groups excluding tert-OH is 1. The predicted molar refractivity (Wildman–Crippen MR) is 66.3 cm³/mol. The first kappa shape index (κ1) is 14.8. The van der Waals surface area contributed by atoms with Crippen molar-refractivity contribution in [3.05, 3.63) is 0 Å². The van der Waals surface area contributed by atoms with Gasteiger partial charge in [0.2, 0.25) is 0 Å². The molecule has 1 aliphatic rings. The summed E-state index contributed by atoms with van der Waals surface area (Å²) in [7, 11) is 0. The highest BCUT2D eigenvalue weighted by atomic mass is 16.4. The van der Waals surface area contributed by atoms with Gasteiger partial charge in [-0.1, -0.05) is 12.8 Å². The molecule has 2 amide bonds. The molecular formula is C12H22N2O4. The van der Waals surface area contributed by atoms with E-state index in [1.165, 1.54) is 0 Å². The van der Waals surface area contributed by atoms with E-state index in [-0.39, 0.29) is 25.1 Å².